The zero-order chi connectivity index (χ0) is 13.1. The molecule has 0 radical (unpaired) electrons. The van der Waals surface area contributed by atoms with E-state index in [4.69, 9.17) is 5.73 Å². The number of aromatic nitrogens is 2. The van der Waals surface area contributed by atoms with Crippen LogP contribution in [0.3, 0.4) is 0 Å². The smallest absolute Gasteiger partial charge is 0.245 e. The summed E-state index contributed by atoms with van der Waals surface area (Å²) in [6.45, 7) is 3.41. The molecular formula is C9H19N5O2S. The van der Waals surface area contributed by atoms with Crippen molar-refractivity contribution in [2.75, 3.05) is 32.9 Å². The molecule has 0 amide bonds. The molecule has 0 fully saturated rings. The third-order valence-electron chi connectivity index (χ3n) is 2.22. The first kappa shape index (κ1) is 13.9. The second kappa shape index (κ2) is 5.48. The van der Waals surface area contributed by atoms with Crippen molar-refractivity contribution in [1.82, 2.24) is 19.4 Å². The number of anilines is 1. The van der Waals surface area contributed by atoms with E-state index in [1.54, 1.807) is 0 Å². The van der Waals surface area contributed by atoms with Crippen LogP contribution in [-0.2, 0) is 16.6 Å². The van der Waals surface area contributed by atoms with Gasteiger partial charge in [-0.05, 0) is 21.0 Å². The minimum Gasteiger partial charge on any atom is -0.381 e. The lowest BCUT2D eigenvalue weighted by Gasteiger charge is -2.10. The standard InChI is InChI=1S/C9H19N5O2S/c1-4-14-7-8(9(10)12-14)17(15,16)11-5-6-13(2)3/h7,11H,4-6H2,1-3H3,(H2,10,12). The maximum atomic E-state index is 11.9. The summed E-state index contributed by atoms with van der Waals surface area (Å²) in [7, 11) is 0.185. The number of aryl methyl sites for hydroxylation is 1. The number of likely N-dealkylation sites (N-methyl/N-ethyl adjacent to an activating group) is 1. The van der Waals surface area contributed by atoms with Crippen molar-refractivity contribution in [1.29, 1.82) is 0 Å². The van der Waals surface area contributed by atoms with Crippen LogP contribution < -0.4 is 10.5 Å². The highest BCUT2D eigenvalue weighted by Gasteiger charge is 2.20. The third-order valence-corrected chi connectivity index (χ3v) is 3.70. The fourth-order valence-corrected chi connectivity index (χ4v) is 2.36. The van der Waals surface area contributed by atoms with Gasteiger partial charge in [0.1, 0.15) is 4.90 Å². The van der Waals surface area contributed by atoms with E-state index in [2.05, 4.69) is 9.82 Å². The summed E-state index contributed by atoms with van der Waals surface area (Å²) < 4.78 is 27.8. The fraction of sp³-hybridized carbons (Fsp3) is 0.667. The van der Waals surface area contributed by atoms with Gasteiger partial charge in [0.15, 0.2) is 5.82 Å². The zero-order valence-electron chi connectivity index (χ0n) is 10.3. The molecule has 1 aromatic rings. The molecule has 17 heavy (non-hydrogen) atoms. The average Bonchev–Trinajstić information content (AvgIpc) is 2.59. The van der Waals surface area contributed by atoms with Gasteiger partial charge in [-0.15, -0.1) is 0 Å². The van der Waals surface area contributed by atoms with Crippen LogP contribution in [0.25, 0.3) is 0 Å². The van der Waals surface area contributed by atoms with Crippen LogP contribution in [-0.4, -0.2) is 50.3 Å². The first-order valence-electron chi connectivity index (χ1n) is 5.34. The number of nitrogens with two attached hydrogens (primary N) is 1. The van der Waals surface area contributed by atoms with Crippen molar-refractivity contribution >= 4 is 15.8 Å². The highest BCUT2D eigenvalue weighted by Crippen LogP contribution is 2.15. The van der Waals surface area contributed by atoms with E-state index in [-0.39, 0.29) is 10.7 Å². The fourth-order valence-electron chi connectivity index (χ4n) is 1.27. The minimum atomic E-state index is -3.56. The minimum absolute atomic E-state index is 0.0317. The highest BCUT2D eigenvalue weighted by molar-refractivity contribution is 7.89. The Morgan fingerprint density at radius 1 is 1.53 bits per heavy atom. The van der Waals surface area contributed by atoms with E-state index >= 15 is 0 Å². The Morgan fingerprint density at radius 2 is 2.18 bits per heavy atom. The SMILES string of the molecule is CCn1cc(S(=O)(=O)NCCN(C)C)c(N)n1. The molecule has 1 heterocycles. The summed E-state index contributed by atoms with van der Waals surface area (Å²) in [4.78, 5) is 1.93. The normalized spacial score (nSPS) is 12.2. The largest absolute Gasteiger partial charge is 0.381 e. The number of hydrogen-bond donors (Lipinski definition) is 2. The highest BCUT2D eigenvalue weighted by atomic mass is 32.2. The summed E-state index contributed by atoms with van der Waals surface area (Å²) in [6.07, 6.45) is 1.44. The number of sulfonamides is 1. The van der Waals surface area contributed by atoms with Crippen molar-refractivity contribution in [2.24, 2.45) is 0 Å². The maximum absolute atomic E-state index is 11.9. The Morgan fingerprint density at radius 3 is 2.65 bits per heavy atom. The van der Waals surface area contributed by atoms with Crippen molar-refractivity contribution in [3.8, 4) is 0 Å². The van der Waals surface area contributed by atoms with Crippen molar-refractivity contribution in [3.63, 3.8) is 0 Å². The zero-order valence-corrected chi connectivity index (χ0v) is 11.2. The van der Waals surface area contributed by atoms with Crippen LogP contribution >= 0.6 is 0 Å². The monoisotopic (exact) mass is 261 g/mol. The van der Waals surface area contributed by atoms with E-state index in [0.717, 1.165) is 0 Å². The molecule has 0 saturated heterocycles. The molecule has 98 valence electrons. The molecule has 0 aliphatic heterocycles. The number of hydrogen-bond acceptors (Lipinski definition) is 5. The van der Waals surface area contributed by atoms with E-state index in [9.17, 15) is 8.42 Å². The summed E-state index contributed by atoms with van der Waals surface area (Å²) in [6, 6.07) is 0. The van der Waals surface area contributed by atoms with Gasteiger partial charge in [0, 0.05) is 25.8 Å². The van der Waals surface area contributed by atoms with Gasteiger partial charge in [-0.3, -0.25) is 4.68 Å². The predicted molar refractivity (Wildman–Crippen MR) is 66.1 cm³/mol. The molecule has 1 rings (SSSR count). The Balaban J connectivity index is 2.78. The molecule has 1 aromatic heterocycles. The second-order valence-corrected chi connectivity index (χ2v) is 5.67. The van der Waals surface area contributed by atoms with Crippen LogP contribution in [0.15, 0.2) is 11.1 Å². The molecule has 3 N–H and O–H groups in total. The number of nitrogens with zero attached hydrogens (tertiary/aromatic N) is 3. The van der Waals surface area contributed by atoms with Crippen molar-refractivity contribution in [2.45, 2.75) is 18.4 Å². The summed E-state index contributed by atoms with van der Waals surface area (Å²) in [5, 5.41) is 3.90. The lowest BCUT2D eigenvalue weighted by Crippen LogP contribution is -2.31. The number of nitrogens with one attached hydrogen (secondary N) is 1. The topological polar surface area (TPSA) is 93.2 Å². The van der Waals surface area contributed by atoms with Gasteiger partial charge in [0.25, 0.3) is 0 Å². The van der Waals surface area contributed by atoms with Gasteiger partial charge in [-0.1, -0.05) is 0 Å². The van der Waals surface area contributed by atoms with Crippen LogP contribution in [0.5, 0.6) is 0 Å². The van der Waals surface area contributed by atoms with E-state index in [0.29, 0.717) is 19.6 Å². The molecule has 7 nitrogen and oxygen atoms in total. The quantitative estimate of drug-likeness (QED) is 0.708. The third kappa shape index (κ3) is 3.69. The van der Waals surface area contributed by atoms with Crippen LogP contribution in [0.2, 0.25) is 0 Å². The summed E-state index contributed by atoms with van der Waals surface area (Å²) in [5.41, 5.74) is 5.57. The van der Waals surface area contributed by atoms with Crippen LogP contribution in [0.1, 0.15) is 6.92 Å². The summed E-state index contributed by atoms with van der Waals surface area (Å²) in [5.74, 6) is 0.0317. The van der Waals surface area contributed by atoms with Gasteiger partial charge >= 0.3 is 0 Å². The summed E-state index contributed by atoms with van der Waals surface area (Å²) >= 11 is 0. The molecule has 0 aliphatic rings. The Kier molecular flexibility index (Phi) is 4.49. The first-order valence-corrected chi connectivity index (χ1v) is 6.82. The predicted octanol–water partition coefficient (Wildman–Crippen LogP) is -0.675. The molecular weight excluding hydrogens is 242 g/mol. The molecule has 0 saturated carbocycles. The molecule has 0 bridgehead atoms. The molecule has 0 aliphatic carbocycles. The second-order valence-electron chi connectivity index (χ2n) is 3.94. The van der Waals surface area contributed by atoms with E-state index in [1.165, 1.54) is 10.9 Å². The molecule has 0 spiro atoms. The molecule has 0 aromatic carbocycles. The van der Waals surface area contributed by atoms with Crippen molar-refractivity contribution < 1.29 is 8.42 Å². The van der Waals surface area contributed by atoms with Gasteiger partial charge in [-0.2, -0.15) is 5.10 Å². The first-order chi connectivity index (χ1) is 7.86. The molecule has 8 heteroatoms. The Labute approximate surface area is 102 Å². The Hall–Kier alpha value is -1.12. The van der Waals surface area contributed by atoms with Gasteiger partial charge in [0.2, 0.25) is 10.0 Å². The van der Waals surface area contributed by atoms with Gasteiger partial charge in [-0.25, -0.2) is 13.1 Å². The van der Waals surface area contributed by atoms with Crippen molar-refractivity contribution in [3.05, 3.63) is 6.20 Å². The Bertz CT molecular complexity index is 466. The maximum Gasteiger partial charge on any atom is 0.245 e. The number of rotatable bonds is 6. The molecule has 0 unspecified atom stereocenters. The van der Waals surface area contributed by atoms with Crippen LogP contribution in [0, 0.1) is 0 Å². The number of nitrogen functional groups attached to an aromatic ring is 1. The molecule has 0 atom stereocenters. The van der Waals surface area contributed by atoms with Gasteiger partial charge in [0.05, 0.1) is 0 Å². The average molecular weight is 261 g/mol. The van der Waals surface area contributed by atoms with Crippen LogP contribution in [0.4, 0.5) is 5.82 Å². The lowest BCUT2D eigenvalue weighted by atomic mass is 10.6. The van der Waals surface area contributed by atoms with E-state index in [1.807, 2.05) is 25.9 Å². The van der Waals surface area contributed by atoms with Gasteiger partial charge < -0.3 is 10.6 Å². The lowest BCUT2D eigenvalue weighted by molar-refractivity contribution is 0.412. The van der Waals surface area contributed by atoms with E-state index < -0.39 is 10.0 Å².